The topological polar surface area (TPSA) is 22.0 Å². The van der Waals surface area contributed by atoms with E-state index >= 15 is 0 Å². The molecular formula is C19H25NO. The Hall–Kier alpha value is -1.57. The summed E-state index contributed by atoms with van der Waals surface area (Å²) in [6, 6.07) is 8.44. The number of fused-ring (bicyclic) bond motifs is 1. The van der Waals surface area contributed by atoms with E-state index in [1.165, 1.54) is 24.8 Å². The molecule has 2 heteroatoms. The van der Waals surface area contributed by atoms with E-state index in [0.29, 0.717) is 17.9 Å². The number of rotatable bonds is 2. The van der Waals surface area contributed by atoms with E-state index < -0.39 is 0 Å². The van der Waals surface area contributed by atoms with Gasteiger partial charge >= 0.3 is 0 Å². The number of benzene rings is 1. The highest BCUT2D eigenvalue weighted by atomic mass is 16.1. The van der Waals surface area contributed by atoms with E-state index in [9.17, 15) is 4.79 Å². The van der Waals surface area contributed by atoms with Crippen molar-refractivity contribution in [3.63, 3.8) is 0 Å². The second-order valence-corrected chi connectivity index (χ2v) is 6.83. The van der Waals surface area contributed by atoms with Gasteiger partial charge in [0.05, 0.1) is 0 Å². The molecule has 112 valence electrons. The predicted molar refractivity (Wildman–Crippen MR) is 89.0 cm³/mol. The summed E-state index contributed by atoms with van der Waals surface area (Å²) in [5.41, 5.74) is 1.48. The van der Waals surface area contributed by atoms with Crippen LogP contribution in [-0.2, 0) is 0 Å². The third-order valence-corrected chi connectivity index (χ3v) is 5.03. The summed E-state index contributed by atoms with van der Waals surface area (Å²) in [7, 11) is 0. The molecule has 0 radical (unpaired) electrons. The molecule has 2 atom stereocenters. The van der Waals surface area contributed by atoms with Crippen molar-refractivity contribution in [2.24, 2.45) is 5.92 Å². The van der Waals surface area contributed by atoms with Crippen LogP contribution >= 0.6 is 0 Å². The molecule has 3 rings (SSSR count). The number of hydrogen-bond donors (Lipinski definition) is 0. The van der Waals surface area contributed by atoms with Crippen LogP contribution in [0, 0.1) is 5.92 Å². The molecule has 2 aromatic rings. The molecule has 0 spiro atoms. The van der Waals surface area contributed by atoms with Gasteiger partial charge in [0.25, 0.3) is 5.56 Å². The van der Waals surface area contributed by atoms with E-state index in [4.69, 9.17) is 0 Å². The highest BCUT2D eigenvalue weighted by Crippen LogP contribution is 2.34. The Bertz CT molecular complexity index is 698. The molecule has 0 N–H and O–H groups in total. The maximum Gasteiger partial charge on any atom is 0.258 e. The molecular weight excluding hydrogens is 258 g/mol. The highest BCUT2D eigenvalue weighted by molar-refractivity contribution is 5.85. The zero-order valence-electron chi connectivity index (χ0n) is 13.3. The van der Waals surface area contributed by atoms with Crippen LogP contribution in [0.15, 0.2) is 35.3 Å². The first kappa shape index (κ1) is 14.4. The molecule has 1 aromatic carbocycles. The molecule has 0 saturated heterocycles. The normalized spacial score (nSPS) is 22.9. The molecule has 1 aliphatic carbocycles. The Kier molecular flexibility index (Phi) is 3.88. The van der Waals surface area contributed by atoms with Crippen LogP contribution in [0.3, 0.4) is 0 Å². The average Bonchev–Trinajstić information content (AvgIpc) is 2.48. The van der Waals surface area contributed by atoms with E-state index in [2.05, 4.69) is 33.0 Å². The Morgan fingerprint density at radius 3 is 2.43 bits per heavy atom. The Labute approximate surface area is 126 Å². The van der Waals surface area contributed by atoms with Crippen molar-refractivity contribution in [3.8, 4) is 0 Å². The largest absolute Gasteiger partial charge is 0.311 e. The lowest BCUT2D eigenvalue weighted by Crippen LogP contribution is -2.31. The number of hydrogen-bond acceptors (Lipinski definition) is 1. The molecule has 0 bridgehead atoms. The van der Waals surface area contributed by atoms with Gasteiger partial charge in [0, 0.05) is 17.6 Å². The monoisotopic (exact) mass is 283 g/mol. The van der Waals surface area contributed by atoms with Crippen LogP contribution in [0.4, 0.5) is 0 Å². The second-order valence-electron chi connectivity index (χ2n) is 6.83. The minimum absolute atomic E-state index is 0.189. The minimum Gasteiger partial charge on any atom is -0.311 e. The zero-order valence-corrected chi connectivity index (χ0v) is 13.3. The first-order valence-corrected chi connectivity index (χ1v) is 8.23. The zero-order chi connectivity index (χ0) is 15.0. The smallest absolute Gasteiger partial charge is 0.258 e. The van der Waals surface area contributed by atoms with Gasteiger partial charge in [0.15, 0.2) is 0 Å². The second kappa shape index (κ2) is 5.67. The number of nitrogens with zero attached hydrogens (tertiary/aromatic N) is 1. The molecule has 1 aromatic heterocycles. The summed E-state index contributed by atoms with van der Waals surface area (Å²) < 4.78 is 2.04. The van der Waals surface area contributed by atoms with Gasteiger partial charge in [-0.25, -0.2) is 0 Å². The van der Waals surface area contributed by atoms with Crippen LogP contribution < -0.4 is 5.56 Å². The molecule has 1 heterocycles. The van der Waals surface area contributed by atoms with Crippen LogP contribution in [0.5, 0.6) is 0 Å². The first-order chi connectivity index (χ1) is 10.1. The van der Waals surface area contributed by atoms with Crippen molar-refractivity contribution in [1.82, 2.24) is 4.57 Å². The summed E-state index contributed by atoms with van der Waals surface area (Å²) in [4.78, 5) is 12.9. The van der Waals surface area contributed by atoms with E-state index in [-0.39, 0.29) is 5.56 Å². The summed E-state index contributed by atoms with van der Waals surface area (Å²) in [6.45, 7) is 6.71. The fourth-order valence-corrected chi connectivity index (χ4v) is 3.75. The lowest BCUT2D eigenvalue weighted by Gasteiger charge is -2.31. The first-order valence-electron chi connectivity index (χ1n) is 8.23. The lowest BCUT2D eigenvalue weighted by atomic mass is 9.85. The third kappa shape index (κ3) is 2.52. The Morgan fingerprint density at radius 1 is 1.10 bits per heavy atom. The average molecular weight is 283 g/mol. The van der Waals surface area contributed by atoms with Crippen molar-refractivity contribution >= 4 is 10.8 Å². The summed E-state index contributed by atoms with van der Waals surface area (Å²) in [5.74, 6) is 1.03. The van der Waals surface area contributed by atoms with Gasteiger partial charge in [-0.3, -0.25) is 4.79 Å². The van der Waals surface area contributed by atoms with Crippen LogP contribution in [0.25, 0.3) is 10.8 Å². The standard InChI is InChI=1S/C19H25NO/c1-13(2)17-12-20(18-11-7-4-8-14(18)3)19(21)16-10-6-5-9-15(16)17/h5-6,9-10,12-14,18H,4,7-8,11H2,1-3H3/t14-,18-/m1/s1. The van der Waals surface area contributed by atoms with Gasteiger partial charge in [0.1, 0.15) is 0 Å². The molecule has 2 nitrogen and oxygen atoms in total. The van der Waals surface area contributed by atoms with Gasteiger partial charge in [-0.05, 0) is 41.7 Å². The van der Waals surface area contributed by atoms with Crippen molar-refractivity contribution in [2.75, 3.05) is 0 Å². The van der Waals surface area contributed by atoms with Crippen LogP contribution in [-0.4, -0.2) is 4.57 Å². The van der Waals surface area contributed by atoms with E-state index in [1.807, 2.05) is 22.8 Å². The number of pyridine rings is 1. The van der Waals surface area contributed by atoms with E-state index in [1.54, 1.807) is 0 Å². The third-order valence-electron chi connectivity index (χ3n) is 5.03. The summed E-state index contributed by atoms with van der Waals surface area (Å²) in [6.07, 6.45) is 7.06. The molecule has 0 amide bonds. The van der Waals surface area contributed by atoms with Crippen molar-refractivity contribution in [1.29, 1.82) is 0 Å². The van der Waals surface area contributed by atoms with Crippen molar-refractivity contribution in [3.05, 3.63) is 46.4 Å². The lowest BCUT2D eigenvalue weighted by molar-refractivity contribution is 0.252. The van der Waals surface area contributed by atoms with E-state index in [0.717, 1.165) is 17.2 Å². The van der Waals surface area contributed by atoms with Gasteiger partial charge in [-0.2, -0.15) is 0 Å². The van der Waals surface area contributed by atoms with Gasteiger partial charge in [-0.15, -0.1) is 0 Å². The molecule has 1 saturated carbocycles. The fourth-order valence-electron chi connectivity index (χ4n) is 3.75. The summed E-state index contributed by atoms with van der Waals surface area (Å²) >= 11 is 0. The Balaban J connectivity index is 2.23. The molecule has 0 unspecified atom stereocenters. The van der Waals surface area contributed by atoms with Crippen molar-refractivity contribution < 1.29 is 0 Å². The van der Waals surface area contributed by atoms with Crippen LogP contribution in [0.2, 0.25) is 0 Å². The quantitative estimate of drug-likeness (QED) is 0.770. The predicted octanol–water partition coefficient (Wildman–Crippen LogP) is 4.88. The Morgan fingerprint density at radius 2 is 1.76 bits per heavy atom. The maximum atomic E-state index is 12.9. The van der Waals surface area contributed by atoms with Gasteiger partial charge in [0.2, 0.25) is 0 Å². The maximum absolute atomic E-state index is 12.9. The van der Waals surface area contributed by atoms with Gasteiger partial charge in [-0.1, -0.05) is 51.8 Å². The van der Waals surface area contributed by atoms with Crippen molar-refractivity contribution in [2.45, 2.75) is 58.4 Å². The summed E-state index contributed by atoms with van der Waals surface area (Å²) in [5, 5.41) is 2.00. The van der Waals surface area contributed by atoms with Gasteiger partial charge < -0.3 is 4.57 Å². The SMILES string of the molecule is CC(C)c1cn([C@@H]2CCCC[C@H]2C)c(=O)c2ccccc12. The molecule has 1 fully saturated rings. The molecule has 1 aliphatic rings. The fraction of sp³-hybridized carbons (Fsp3) is 0.526. The molecule has 21 heavy (non-hydrogen) atoms. The highest BCUT2D eigenvalue weighted by Gasteiger charge is 2.25. The van der Waals surface area contributed by atoms with Crippen LogP contribution in [0.1, 0.15) is 64.0 Å². The molecule has 0 aliphatic heterocycles. The number of aromatic nitrogens is 1. The minimum atomic E-state index is 0.189.